The average Bonchev–Trinajstić information content (AvgIpc) is 2.60. The van der Waals surface area contributed by atoms with Crippen molar-refractivity contribution >= 4 is 23.3 Å². The number of ether oxygens (including phenoxy) is 2. The number of anilines is 2. The Labute approximate surface area is 148 Å². The van der Waals surface area contributed by atoms with Crippen LogP contribution in [0.1, 0.15) is 32.6 Å². The van der Waals surface area contributed by atoms with Gasteiger partial charge in [0.05, 0.1) is 18.9 Å². The van der Waals surface area contributed by atoms with Crippen molar-refractivity contribution in [2.75, 3.05) is 37.9 Å². The van der Waals surface area contributed by atoms with Gasteiger partial charge in [-0.15, -0.1) is 0 Å². The smallest absolute Gasteiger partial charge is 0.321 e. The van der Waals surface area contributed by atoms with Gasteiger partial charge in [-0.1, -0.05) is 0 Å². The molecule has 2 rings (SSSR count). The molecule has 1 aromatic rings. The number of benzene rings is 1. The van der Waals surface area contributed by atoms with Crippen LogP contribution in [0.25, 0.3) is 0 Å². The van der Waals surface area contributed by atoms with Gasteiger partial charge in [0.2, 0.25) is 5.91 Å². The summed E-state index contributed by atoms with van der Waals surface area (Å²) in [4.78, 5) is 25.2. The number of urea groups is 1. The highest BCUT2D eigenvalue weighted by atomic mass is 16.5. The highest BCUT2D eigenvalue weighted by Crippen LogP contribution is 2.28. The van der Waals surface area contributed by atoms with Crippen LogP contribution in [0, 0.1) is 0 Å². The second kappa shape index (κ2) is 9.27. The Morgan fingerprint density at radius 2 is 2.12 bits per heavy atom. The minimum Gasteiger partial charge on any atom is -0.495 e. The average molecular weight is 349 g/mol. The van der Waals surface area contributed by atoms with Gasteiger partial charge in [0, 0.05) is 32.8 Å². The van der Waals surface area contributed by atoms with Crippen LogP contribution >= 0.6 is 0 Å². The van der Waals surface area contributed by atoms with Gasteiger partial charge in [0.1, 0.15) is 5.75 Å². The lowest BCUT2D eigenvalue weighted by Crippen LogP contribution is -2.34. The SMILES string of the molecule is COc1ccc(NC(C)=O)cc1NC(=O)N(C)CC[C@@H]1CCCCO1. The summed E-state index contributed by atoms with van der Waals surface area (Å²) >= 11 is 0. The predicted octanol–water partition coefficient (Wildman–Crippen LogP) is 3.08. The molecule has 1 heterocycles. The number of nitrogens with one attached hydrogen (secondary N) is 2. The number of methoxy groups -OCH3 is 1. The zero-order valence-corrected chi connectivity index (χ0v) is 15.1. The van der Waals surface area contributed by atoms with Crippen LogP contribution in [-0.4, -0.2) is 50.3 Å². The molecule has 1 aliphatic rings. The first-order valence-corrected chi connectivity index (χ1v) is 8.59. The molecule has 1 aliphatic heterocycles. The first-order valence-electron chi connectivity index (χ1n) is 8.59. The maximum atomic E-state index is 12.4. The Morgan fingerprint density at radius 3 is 2.76 bits per heavy atom. The molecule has 0 bridgehead atoms. The minimum atomic E-state index is -0.228. The van der Waals surface area contributed by atoms with Crippen molar-refractivity contribution in [2.45, 2.75) is 38.7 Å². The number of hydrogen-bond donors (Lipinski definition) is 2. The second-order valence-electron chi connectivity index (χ2n) is 6.23. The van der Waals surface area contributed by atoms with E-state index in [2.05, 4.69) is 10.6 Å². The van der Waals surface area contributed by atoms with Gasteiger partial charge in [-0.2, -0.15) is 0 Å². The molecule has 7 heteroatoms. The number of carbonyl (C=O) groups excluding carboxylic acids is 2. The number of rotatable bonds is 6. The highest BCUT2D eigenvalue weighted by molar-refractivity contribution is 5.94. The third kappa shape index (κ3) is 5.94. The van der Waals surface area contributed by atoms with Gasteiger partial charge in [-0.05, 0) is 43.9 Å². The molecule has 2 N–H and O–H groups in total. The molecule has 1 saturated heterocycles. The van der Waals surface area contributed by atoms with Crippen LogP contribution in [0.3, 0.4) is 0 Å². The van der Waals surface area contributed by atoms with E-state index in [-0.39, 0.29) is 18.0 Å². The first kappa shape index (κ1) is 19.1. The van der Waals surface area contributed by atoms with Gasteiger partial charge in [-0.3, -0.25) is 4.79 Å². The van der Waals surface area contributed by atoms with Crippen molar-refractivity contribution in [2.24, 2.45) is 0 Å². The minimum absolute atomic E-state index is 0.174. The van der Waals surface area contributed by atoms with E-state index in [0.29, 0.717) is 23.7 Å². The Balaban J connectivity index is 1.94. The molecule has 0 aliphatic carbocycles. The fourth-order valence-electron chi connectivity index (χ4n) is 2.77. The third-order valence-corrected chi connectivity index (χ3v) is 4.17. The second-order valence-corrected chi connectivity index (χ2v) is 6.23. The summed E-state index contributed by atoms with van der Waals surface area (Å²) in [5.41, 5.74) is 1.11. The largest absolute Gasteiger partial charge is 0.495 e. The molecule has 1 fully saturated rings. The van der Waals surface area contributed by atoms with Crippen molar-refractivity contribution in [1.29, 1.82) is 0 Å². The quantitative estimate of drug-likeness (QED) is 0.827. The van der Waals surface area contributed by atoms with E-state index in [1.165, 1.54) is 20.5 Å². The lowest BCUT2D eigenvalue weighted by molar-refractivity contribution is -0.114. The molecule has 0 saturated carbocycles. The molecule has 3 amide bonds. The summed E-state index contributed by atoms with van der Waals surface area (Å²) in [7, 11) is 3.29. The van der Waals surface area contributed by atoms with Crippen LogP contribution < -0.4 is 15.4 Å². The van der Waals surface area contributed by atoms with Crippen LogP contribution in [0.15, 0.2) is 18.2 Å². The summed E-state index contributed by atoms with van der Waals surface area (Å²) < 4.78 is 11.0. The maximum Gasteiger partial charge on any atom is 0.321 e. The molecular formula is C18H27N3O4. The van der Waals surface area contributed by atoms with E-state index in [4.69, 9.17) is 9.47 Å². The van der Waals surface area contributed by atoms with Gasteiger partial charge >= 0.3 is 6.03 Å². The summed E-state index contributed by atoms with van der Waals surface area (Å²) in [5.74, 6) is 0.360. The molecule has 0 unspecified atom stereocenters. The number of hydrogen-bond acceptors (Lipinski definition) is 4. The Morgan fingerprint density at radius 1 is 1.32 bits per heavy atom. The molecule has 0 radical (unpaired) electrons. The van der Waals surface area contributed by atoms with E-state index in [0.717, 1.165) is 25.9 Å². The topological polar surface area (TPSA) is 79.9 Å². The molecular weight excluding hydrogens is 322 g/mol. The standard InChI is InChI=1S/C18H27N3O4/c1-13(22)19-14-7-8-17(24-3)16(12-14)20-18(23)21(2)10-9-15-6-4-5-11-25-15/h7-8,12,15H,4-6,9-11H2,1-3H3,(H,19,22)(H,20,23)/t15-/m0/s1. The maximum absolute atomic E-state index is 12.4. The lowest BCUT2D eigenvalue weighted by atomic mass is 10.1. The van der Waals surface area contributed by atoms with Gasteiger partial charge in [0.25, 0.3) is 0 Å². The molecule has 1 atom stereocenters. The van der Waals surface area contributed by atoms with Gasteiger partial charge in [-0.25, -0.2) is 4.79 Å². The number of amides is 3. The third-order valence-electron chi connectivity index (χ3n) is 4.17. The van der Waals surface area contributed by atoms with Crippen molar-refractivity contribution in [3.05, 3.63) is 18.2 Å². The van der Waals surface area contributed by atoms with Crippen molar-refractivity contribution < 1.29 is 19.1 Å². The van der Waals surface area contributed by atoms with Crippen LogP contribution in [0.5, 0.6) is 5.75 Å². The van der Waals surface area contributed by atoms with Crippen molar-refractivity contribution in [1.82, 2.24) is 4.90 Å². The van der Waals surface area contributed by atoms with E-state index in [1.807, 2.05) is 0 Å². The summed E-state index contributed by atoms with van der Waals surface area (Å²) in [6.45, 7) is 2.86. The van der Waals surface area contributed by atoms with E-state index in [1.54, 1.807) is 30.1 Å². The van der Waals surface area contributed by atoms with Gasteiger partial charge in [0.15, 0.2) is 0 Å². The van der Waals surface area contributed by atoms with Crippen LogP contribution in [-0.2, 0) is 9.53 Å². The monoisotopic (exact) mass is 349 g/mol. The Kier molecular flexibility index (Phi) is 7.06. The fourth-order valence-corrected chi connectivity index (χ4v) is 2.77. The lowest BCUT2D eigenvalue weighted by Gasteiger charge is -2.25. The molecule has 138 valence electrons. The molecule has 25 heavy (non-hydrogen) atoms. The zero-order chi connectivity index (χ0) is 18.2. The van der Waals surface area contributed by atoms with E-state index < -0.39 is 0 Å². The molecule has 0 aromatic heterocycles. The summed E-state index contributed by atoms with van der Waals surface area (Å²) in [6, 6.07) is 4.88. The molecule has 0 spiro atoms. The summed E-state index contributed by atoms with van der Waals surface area (Å²) in [5, 5.41) is 5.52. The number of carbonyl (C=O) groups is 2. The van der Waals surface area contributed by atoms with E-state index >= 15 is 0 Å². The van der Waals surface area contributed by atoms with Crippen LogP contribution in [0.4, 0.5) is 16.2 Å². The first-order chi connectivity index (χ1) is 12.0. The van der Waals surface area contributed by atoms with E-state index in [9.17, 15) is 9.59 Å². The molecule has 7 nitrogen and oxygen atoms in total. The van der Waals surface area contributed by atoms with Crippen LogP contribution in [0.2, 0.25) is 0 Å². The normalized spacial score (nSPS) is 16.8. The Hall–Kier alpha value is -2.28. The van der Waals surface area contributed by atoms with Gasteiger partial charge < -0.3 is 25.0 Å². The molecule has 1 aromatic carbocycles. The summed E-state index contributed by atoms with van der Waals surface area (Å²) in [6.07, 6.45) is 4.43. The zero-order valence-electron chi connectivity index (χ0n) is 15.1. The Bertz CT molecular complexity index is 600. The van der Waals surface area contributed by atoms with Crippen molar-refractivity contribution in [3.8, 4) is 5.75 Å². The highest BCUT2D eigenvalue weighted by Gasteiger charge is 2.17. The fraction of sp³-hybridized carbons (Fsp3) is 0.556. The predicted molar refractivity (Wildman–Crippen MR) is 97.2 cm³/mol. The number of nitrogens with zero attached hydrogens (tertiary/aromatic N) is 1. The van der Waals surface area contributed by atoms with Crippen molar-refractivity contribution in [3.63, 3.8) is 0 Å².